The molecule has 0 aliphatic carbocycles. The van der Waals surface area contributed by atoms with Crippen molar-refractivity contribution in [1.82, 2.24) is 5.32 Å². The lowest BCUT2D eigenvalue weighted by molar-refractivity contribution is 0.0935. The van der Waals surface area contributed by atoms with Crippen molar-refractivity contribution in [2.24, 2.45) is 0 Å². The van der Waals surface area contributed by atoms with Crippen LogP contribution in [0, 0.1) is 0 Å². The molecule has 1 aromatic carbocycles. The summed E-state index contributed by atoms with van der Waals surface area (Å²) in [6.45, 7) is 3.96. The van der Waals surface area contributed by atoms with E-state index < -0.39 is 0 Å². The lowest BCUT2D eigenvalue weighted by atomic mass is 10.1. The van der Waals surface area contributed by atoms with Gasteiger partial charge in [-0.1, -0.05) is 6.92 Å². The van der Waals surface area contributed by atoms with Gasteiger partial charge in [-0.15, -0.1) is 0 Å². The Bertz CT molecular complexity index is 445. The number of ether oxygens (including phenoxy) is 3. The van der Waals surface area contributed by atoms with Gasteiger partial charge in [0.1, 0.15) is 5.75 Å². The molecule has 0 saturated heterocycles. The number of benzene rings is 1. The first-order valence-corrected chi connectivity index (χ1v) is 6.18. The van der Waals surface area contributed by atoms with E-state index in [1.165, 1.54) is 21.3 Å². The second-order valence-electron chi connectivity index (χ2n) is 4.19. The second kappa shape index (κ2) is 6.87. The fraction of sp³-hybridized carbons (Fsp3) is 0.500. The molecule has 1 N–H and O–H groups in total. The Labute approximate surface area is 113 Å². The van der Waals surface area contributed by atoms with Crippen LogP contribution in [0.4, 0.5) is 0 Å². The monoisotopic (exact) mass is 267 g/mol. The van der Waals surface area contributed by atoms with Crippen LogP contribution >= 0.6 is 0 Å². The number of amides is 1. The predicted octanol–water partition coefficient (Wildman–Crippen LogP) is 2.24. The van der Waals surface area contributed by atoms with Crippen molar-refractivity contribution in [2.45, 2.75) is 26.3 Å². The summed E-state index contributed by atoms with van der Waals surface area (Å²) in [6, 6.07) is 3.37. The van der Waals surface area contributed by atoms with E-state index in [1.54, 1.807) is 12.1 Å². The molecule has 1 atom stereocenters. The number of rotatable bonds is 6. The second-order valence-corrected chi connectivity index (χ2v) is 4.19. The lowest BCUT2D eigenvalue weighted by Gasteiger charge is -2.16. The van der Waals surface area contributed by atoms with Crippen LogP contribution in [0.2, 0.25) is 0 Å². The topological polar surface area (TPSA) is 56.8 Å². The highest BCUT2D eigenvalue weighted by molar-refractivity contribution is 5.98. The zero-order valence-electron chi connectivity index (χ0n) is 12.1. The van der Waals surface area contributed by atoms with Crippen LogP contribution in [0.3, 0.4) is 0 Å². The molecule has 0 radical (unpaired) electrons. The molecule has 0 aromatic heterocycles. The molecule has 1 aromatic rings. The SMILES string of the molecule is CCC(C)NC(=O)c1cc(OC)c(OC)cc1OC. The summed E-state index contributed by atoms with van der Waals surface area (Å²) in [5, 5.41) is 2.89. The molecular formula is C14H21NO4. The number of carbonyl (C=O) groups is 1. The van der Waals surface area contributed by atoms with Crippen molar-refractivity contribution in [3.05, 3.63) is 17.7 Å². The third-order valence-corrected chi connectivity index (χ3v) is 2.94. The van der Waals surface area contributed by atoms with Crippen LogP contribution < -0.4 is 19.5 Å². The van der Waals surface area contributed by atoms with E-state index in [-0.39, 0.29) is 11.9 Å². The van der Waals surface area contributed by atoms with E-state index in [9.17, 15) is 4.79 Å². The Morgan fingerprint density at radius 3 is 2.11 bits per heavy atom. The lowest BCUT2D eigenvalue weighted by Crippen LogP contribution is -2.32. The highest BCUT2D eigenvalue weighted by Gasteiger charge is 2.18. The van der Waals surface area contributed by atoms with E-state index in [0.717, 1.165) is 6.42 Å². The minimum atomic E-state index is -0.188. The average Bonchev–Trinajstić information content (AvgIpc) is 2.45. The Morgan fingerprint density at radius 2 is 1.63 bits per heavy atom. The number of nitrogens with one attached hydrogen (secondary N) is 1. The van der Waals surface area contributed by atoms with Crippen molar-refractivity contribution in [3.8, 4) is 17.2 Å². The number of hydrogen-bond acceptors (Lipinski definition) is 4. The summed E-state index contributed by atoms with van der Waals surface area (Å²) >= 11 is 0. The Morgan fingerprint density at radius 1 is 1.11 bits per heavy atom. The molecule has 106 valence electrons. The fourth-order valence-electron chi connectivity index (χ4n) is 1.61. The Kier molecular flexibility index (Phi) is 5.48. The standard InChI is InChI=1S/C14H21NO4/c1-6-9(2)15-14(16)10-7-12(18-4)13(19-5)8-11(10)17-3/h7-9H,6H2,1-5H3,(H,15,16). The summed E-state index contributed by atoms with van der Waals surface area (Å²) in [5.74, 6) is 1.29. The highest BCUT2D eigenvalue weighted by Crippen LogP contribution is 2.34. The zero-order valence-corrected chi connectivity index (χ0v) is 12.1. The van der Waals surface area contributed by atoms with Gasteiger partial charge in [0.15, 0.2) is 11.5 Å². The summed E-state index contributed by atoms with van der Waals surface area (Å²) in [4.78, 5) is 12.2. The molecule has 0 spiro atoms. The third-order valence-electron chi connectivity index (χ3n) is 2.94. The van der Waals surface area contributed by atoms with Crippen LogP contribution in [0.1, 0.15) is 30.6 Å². The predicted molar refractivity (Wildman–Crippen MR) is 73.3 cm³/mol. The normalized spacial score (nSPS) is 11.6. The molecule has 0 heterocycles. The largest absolute Gasteiger partial charge is 0.496 e. The summed E-state index contributed by atoms with van der Waals surface area (Å²) in [7, 11) is 4.58. The molecule has 0 aliphatic heterocycles. The van der Waals surface area contributed by atoms with Crippen LogP contribution in [-0.4, -0.2) is 33.3 Å². The van der Waals surface area contributed by atoms with Crippen molar-refractivity contribution in [1.29, 1.82) is 0 Å². The maximum atomic E-state index is 12.2. The van der Waals surface area contributed by atoms with Gasteiger partial charge in [-0.3, -0.25) is 4.79 Å². The molecule has 0 aliphatic rings. The average molecular weight is 267 g/mol. The first kappa shape index (κ1) is 15.1. The van der Waals surface area contributed by atoms with Gasteiger partial charge in [-0.05, 0) is 13.3 Å². The Balaban J connectivity index is 3.14. The molecule has 0 fully saturated rings. The van der Waals surface area contributed by atoms with E-state index in [0.29, 0.717) is 22.8 Å². The van der Waals surface area contributed by atoms with E-state index >= 15 is 0 Å². The maximum Gasteiger partial charge on any atom is 0.255 e. The van der Waals surface area contributed by atoms with Crippen LogP contribution in [0.15, 0.2) is 12.1 Å². The van der Waals surface area contributed by atoms with Crippen molar-refractivity contribution in [3.63, 3.8) is 0 Å². The molecule has 1 rings (SSSR count). The van der Waals surface area contributed by atoms with Crippen LogP contribution in [-0.2, 0) is 0 Å². The summed E-state index contributed by atoms with van der Waals surface area (Å²) in [6.07, 6.45) is 0.862. The van der Waals surface area contributed by atoms with E-state index in [4.69, 9.17) is 14.2 Å². The Hall–Kier alpha value is -1.91. The van der Waals surface area contributed by atoms with Crippen LogP contribution in [0.25, 0.3) is 0 Å². The number of methoxy groups -OCH3 is 3. The van der Waals surface area contributed by atoms with Crippen molar-refractivity contribution < 1.29 is 19.0 Å². The van der Waals surface area contributed by atoms with Gasteiger partial charge in [-0.25, -0.2) is 0 Å². The third kappa shape index (κ3) is 3.53. The molecule has 19 heavy (non-hydrogen) atoms. The molecule has 1 amide bonds. The summed E-state index contributed by atoms with van der Waals surface area (Å²) in [5.41, 5.74) is 0.431. The highest BCUT2D eigenvalue weighted by atomic mass is 16.5. The first-order valence-electron chi connectivity index (χ1n) is 6.18. The maximum absolute atomic E-state index is 12.2. The summed E-state index contributed by atoms with van der Waals surface area (Å²) < 4.78 is 15.6. The molecule has 5 nitrogen and oxygen atoms in total. The van der Waals surface area contributed by atoms with Crippen molar-refractivity contribution in [2.75, 3.05) is 21.3 Å². The molecule has 0 saturated carbocycles. The van der Waals surface area contributed by atoms with Gasteiger partial charge in [-0.2, -0.15) is 0 Å². The number of carbonyl (C=O) groups excluding carboxylic acids is 1. The van der Waals surface area contributed by atoms with Gasteiger partial charge in [0.25, 0.3) is 5.91 Å². The van der Waals surface area contributed by atoms with Gasteiger partial charge >= 0.3 is 0 Å². The molecule has 0 bridgehead atoms. The quantitative estimate of drug-likeness (QED) is 0.858. The van der Waals surface area contributed by atoms with E-state index in [1.807, 2.05) is 13.8 Å². The van der Waals surface area contributed by atoms with Crippen LogP contribution in [0.5, 0.6) is 17.2 Å². The van der Waals surface area contributed by atoms with Gasteiger partial charge in [0.05, 0.1) is 26.9 Å². The first-order chi connectivity index (χ1) is 9.07. The van der Waals surface area contributed by atoms with E-state index in [2.05, 4.69) is 5.32 Å². The number of hydrogen-bond donors (Lipinski definition) is 1. The molecule has 5 heteroatoms. The molecule has 1 unspecified atom stereocenters. The molecular weight excluding hydrogens is 246 g/mol. The fourth-order valence-corrected chi connectivity index (χ4v) is 1.61. The van der Waals surface area contributed by atoms with Gasteiger partial charge in [0, 0.05) is 18.2 Å². The smallest absolute Gasteiger partial charge is 0.255 e. The minimum Gasteiger partial charge on any atom is -0.496 e. The van der Waals surface area contributed by atoms with Gasteiger partial charge in [0.2, 0.25) is 0 Å². The zero-order chi connectivity index (χ0) is 14.4. The minimum absolute atomic E-state index is 0.102. The van der Waals surface area contributed by atoms with Gasteiger partial charge < -0.3 is 19.5 Å². The van der Waals surface area contributed by atoms with Crippen molar-refractivity contribution >= 4 is 5.91 Å².